The summed E-state index contributed by atoms with van der Waals surface area (Å²) in [5, 5.41) is 11.2. The van der Waals surface area contributed by atoms with E-state index in [9.17, 15) is 0 Å². The fourth-order valence-corrected chi connectivity index (χ4v) is 5.37. The Balaban J connectivity index is 1.31. The molecule has 41 heavy (non-hydrogen) atoms. The Kier molecular flexibility index (Phi) is 6.08. The molecule has 1 atom stereocenters. The summed E-state index contributed by atoms with van der Waals surface area (Å²) < 4.78 is 13.5. The van der Waals surface area contributed by atoms with Gasteiger partial charge in [0, 0.05) is 11.5 Å². The number of methoxy groups -OCH3 is 1. The first-order chi connectivity index (χ1) is 20.1. The van der Waals surface area contributed by atoms with Crippen molar-refractivity contribution in [1.29, 1.82) is 0 Å². The van der Waals surface area contributed by atoms with Gasteiger partial charge >= 0.3 is 0 Å². The van der Waals surface area contributed by atoms with Crippen molar-refractivity contribution in [2.24, 2.45) is 5.16 Å². The van der Waals surface area contributed by atoms with Gasteiger partial charge in [-0.2, -0.15) is 0 Å². The minimum atomic E-state index is -0.193. The first kappa shape index (κ1) is 24.8. The molecule has 202 valence electrons. The van der Waals surface area contributed by atoms with Crippen LogP contribution in [-0.2, 0) is 11.4 Å². The Hall–Kier alpha value is -5.24. The zero-order valence-electron chi connectivity index (χ0n) is 22.9. The molecular weight excluding hydrogens is 514 g/mol. The fourth-order valence-electron chi connectivity index (χ4n) is 5.37. The second-order valence-electron chi connectivity index (χ2n) is 10.1. The maximum absolute atomic E-state index is 6.40. The topological polar surface area (TPSA) is 83.1 Å². The van der Waals surface area contributed by atoms with Crippen LogP contribution in [0.15, 0.2) is 96.4 Å². The first-order valence-corrected chi connectivity index (χ1v) is 13.4. The van der Waals surface area contributed by atoms with E-state index in [1.807, 2.05) is 49.4 Å². The predicted octanol–water partition coefficient (Wildman–Crippen LogP) is 6.82. The molecule has 0 radical (unpaired) electrons. The maximum Gasteiger partial charge on any atom is 0.228 e. The largest absolute Gasteiger partial charge is 0.497 e. The third-order valence-electron chi connectivity index (χ3n) is 7.46. The SMILES string of the molecule is COc1ccc(C2c3c(ccc4ccccc34)Oc3ncn4nc(CO/N=C(\C)c5ccc(C)cc5)nc4c32)cc1. The van der Waals surface area contributed by atoms with Gasteiger partial charge in [0.2, 0.25) is 5.88 Å². The van der Waals surface area contributed by atoms with E-state index < -0.39 is 0 Å². The number of ether oxygens (including phenoxy) is 2. The van der Waals surface area contributed by atoms with E-state index in [0.29, 0.717) is 17.4 Å². The summed E-state index contributed by atoms with van der Waals surface area (Å²) in [6.45, 7) is 4.09. The summed E-state index contributed by atoms with van der Waals surface area (Å²) in [4.78, 5) is 15.2. The van der Waals surface area contributed by atoms with Crippen molar-refractivity contribution in [3.63, 3.8) is 0 Å². The van der Waals surface area contributed by atoms with Gasteiger partial charge in [0.1, 0.15) is 17.8 Å². The predicted molar refractivity (Wildman–Crippen MR) is 157 cm³/mol. The standard InChI is InChI=1S/C33H27N5O3/c1-20-8-10-22(11-9-20)21(2)37-40-18-28-35-32-31-29(24-12-15-25(39-3)16-13-24)30-26-7-5-4-6-23(26)14-17-27(30)41-33(31)34-19-38(32)36-28/h4-17,19,29H,18H2,1-3H3/b37-21+. The Morgan fingerprint density at radius 1 is 0.951 bits per heavy atom. The van der Waals surface area contributed by atoms with Crippen LogP contribution in [0.5, 0.6) is 17.4 Å². The molecule has 2 aromatic heterocycles. The minimum absolute atomic E-state index is 0.118. The number of fused-ring (bicyclic) bond motifs is 6. The summed E-state index contributed by atoms with van der Waals surface area (Å²) in [6.07, 6.45) is 1.63. The van der Waals surface area contributed by atoms with E-state index in [0.717, 1.165) is 50.2 Å². The van der Waals surface area contributed by atoms with Gasteiger partial charge in [-0.1, -0.05) is 77.4 Å². The molecule has 0 fully saturated rings. The van der Waals surface area contributed by atoms with Crippen LogP contribution >= 0.6 is 0 Å². The van der Waals surface area contributed by atoms with Crippen LogP contribution in [-0.4, -0.2) is 32.4 Å². The van der Waals surface area contributed by atoms with E-state index in [-0.39, 0.29) is 12.5 Å². The number of aryl methyl sites for hydroxylation is 1. The van der Waals surface area contributed by atoms with Crippen LogP contribution in [0.3, 0.4) is 0 Å². The molecule has 8 heteroatoms. The molecule has 8 nitrogen and oxygen atoms in total. The highest BCUT2D eigenvalue weighted by atomic mass is 16.6. The number of benzene rings is 4. The van der Waals surface area contributed by atoms with Crippen molar-refractivity contribution in [3.05, 3.63) is 125 Å². The van der Waals surface area contributed by atoms with Gasteiger partial charge in [-0.3, -0.25) is 0 Å². The second kappa shape index (κ2) is 10.1. The van der Waals surface area contributed by atoms with Crippen molar-refractivity contribution in [3.8, 4) is 17.4 Å². The minimum Gasteiger partial charge on any atom is -0.497 e. The lowest BCUT2D eigenvalue weighted by Gasteiger charge is -2.29. The lowest BCUT2D eigenvalue weighted by atomic mass is 9.81. The first-order valence-electron chi connectivity index (χ1n) is 13.4. The molecule has 0 bridgehead atoms. The Bertz CT molecular complexity index is 1930. The van der Waals surface area contributed by atoms with Gasteiger partial charge in [-0.25, -0.2) is 14.5 Å². The van der Waals surface area contributed by atoms with Crippen LogP contribution in [0.2, 0.25) is 0 Å². The number of hydrogen-bond acceptors (Lipinski definition) is 7. The quantitative estimate of drug-likeness (QED) is 0.170. The average Bonchev–Trinajstić information content (AvgIpc) is 3.43. The molecule has 0 saturated heterocycles. The van der Waals surface area contributed by atoms with Crippen molar-refractivity contribution in [1.82, 2.24) is 19.6 Å². The third-order valence-corrected chi connectivity index (χ3v) is 7.46. The fraction of sp³-hybridized carbons (Fsp3) is 0.152. The van der Waals surface area contributed by atoms with Crippen LogP contribution in [0.1, 0.15) is 46.5 Å². The van der Waals surface area contributed by atoms with E-state index in [2.05, 4.69) is 64.6 Å². The highest BCUT2D eigenvalue weighted by Crippen LogP contribution is 2.50. The lowest BCUT2D eigenvalue weighted by molar-refractivity contribution is 0.125. The number of oxime groups is 1. The molecule has 0 aliphatic carbocycles. The van der Waals surface area contributed by atoms with E-state index in [1.165, 1.54) is 5.56 Å². The third kappa shape index (κ3) is 4.43. The molecular formula is C33H27N5O3. The maximum atomic E-state index is 6.40. The summed E-state index contributed by atoms with van der Waals surface area (Å²) in [5.74, 6) is 2.38. The molecule has 1 unspecified atom stereocenters. The molecule has 7 rings (SSSR count). The van der Waals surface area contributed by atoms with Gasteiger partial charge in [0.25, 0.3) is 0 Å². The lowest BCUT2D eigenvalue weighted by Crippen LogP contribution is -2.15. The van der Waals surface area contributed by atoms with Crippen molar-refractivity contribution in [2.45, 2.75) is 26.4 Å². The number of hydrogen-bond donors (Lipinski definition) is 0. The second-order valence-corrected chi connectivity index (χ2v) is 10.1. The molecule has 1 aliphatic heterocycles. The van der Waals surface area contributed by atoms with E-state index >= 15 is 0 Å². The van der Waals surface area contributed by atoms with E-state index in [1.54, 1.807) is 18.0 Å². The Labute approximate surface area is 236 Å². The highest BCUT2D eigenvalue weighted by Gasteiger charge is 2.34. The monoisotopic (exact) mass is 541 g/mol. The van der Waals surface area contributed by atoms with E-state index in [4.69, 9.17) is 19.3 Å². The molecule has 0 spiro atoms. The summed E-state index contributed by atoms with van der Waals surface area (Å²) >= 11 is 0. The zero-order chi connectivity index (χ0) is 27.9. The number of aromatic nitrogens is 4. The molecule has 0 N–H and O–H groups in total. The van der Waals surface area contributed by atoms with Gasteiger partial charge in [-0.05, 0) is 53.9 Å². The molecule has 0 amide bonds. The van der Waals surface area contributed by atoms with Crippen molar-refractivity contribution in [2.75, 3.05) is 7.11 Å². The smallest absolute Gasteiger partial charge is 0.228 e. The average molecular weight is 542 g/mol. The summed E-state index contributed by atoms with van der Waals surface area (Å²) in [5.41, 5.74) is 6.62. The molecule has 0 saturated carbocycles. The van der Waals surface area contributed by atoms with Crippen LogP contribution in [0.25, 0.3) is 16.4 Å². The normalized spacial score (nSPS) is 14.4. The van der Waals surface area contributed by atoms with Gasteiger partial charge < -0.3 is 14.3 Å². The molecule has 4 aromatic carbocycles. The Morgan fingerprint density at radius 3 is 2.56 bits per heavy atom. The molecule has 3 heterocycles. The molecule has 6 aromatic rings. The molecule has 1 aliphatic rings. The number of rotatable bonds is 6. The van der Waals surface area contributed by atoms with Gasteiger partial charge in [0.15, 0.2) is 18.1 Å². The van der Waals surface area contributed by atoms with Crippen molar-refractivity contribution >= 4 is 22.1 Å². The van der Waals surface area contributed by atoms with Crippen LogP contribution in [0, 0.1) is 6.92 Å². The van der Waals surface area contributed by atoms with Crippen LogP contribution < -0.4 is 9.47 Å². The Morgan fingerprint density at radius 2 is 1.76 bits per heavy atom. The number of nitrogens with zero attached hydrogens (tertiary/aromatic N) is 5. The van der Waals surface area contributed by atoms with Crippen molar-refractivity contribution < 1.29 is 14.3 Å². The summed E-state index contributed by atoms with van der Waals surface area (Å²) in [6, 6.07) is 28.7. The highest BCUT2D eigenvalue weighted by molar-refractivity contribution is 5.98. The zero-order valence-corrected chi connectivity index (χ0v) is 22.9. The van der Waals surface area contributed by atoms with Gasteiger partial charge in [-0.15, -0.1) is 5.10 Å². The van der Waals surface area contributed by atoms with Gasteiger partial charge in [0.05, 0.1) is 18.4 Å². The van der Waals surface area contributed by atoms with Crippen LogP contribution in [0.4, 0.5) is 0 Å². The summed E-state index contributed by atoms with van der Waals surface area (Å²) in [7, 11) is 1.67.